The average Bonchev–Trinajstić information content (AvgIpc) is 3.34. The van der Waals surface area contributed by atoms with Crippen LogP contribution >= 0.6 is 0 Å². The number of carboxylic acids is 1. The highest BCUT2D eigenvalue weighted by Gasteiger charge is 2.49. The van der Waals surface area contributed by atoms with Crippen LogP contribution in [0.3, 0.4) is 0 Å². The number of carbonyl (C=O) groups is 3. The number of alkyl carbamates (subject to hydrolysis) is 1. The van der Waals surface area contributed by atoms with Crippen molar-refractivity contribution in [3.8, 4) is 11.1 Å². The largest absolute Gasteiger partial charge is 0.480 e. The van der Waals surface area contributed by atoms with Crippen molar-refractivity contribution in [1.29, 1.82) is 0 Å². The third-order valence-electron chi connectivity index (χ3n) is 5.94. The van der Waals surface area contributed by atoms with Gasteiger partial charge in [0.05, 0.1) is 12.6 Å². The number of hydrogen-bond donors (Lipinski definition) is 3. The number of hydrogen-bond acceptors (Lipinski definition) is 5. The molecular weight excluding hydrogens is 438 g/mol. The van der Waals surface area contributed by atoms with E-state index in [2.05, 4.69) is 0 Å². The number of amides is 2. The predicted octanol–water partition coefficient (Wildman–Crippen LogP) is 2.21. The summed E-state index contributed by atoms with van der Waals surface area (Å²) in [7, 11) is 0. The topological polar surface area (TPSA) is 116 Å². The van der Waals surface area contributed by atoms with Crippen LogP contribution in [0.2, 0.25) is 0 Å². The summed E-state index contributed by atoms with van der Waals surface area (Å²) in [5, 5.41) is 20.6. The lowest BCUT2D eigenvalue weighted by atomic mass is 9.98. The molecular formula is C23H22F2N2O6. The minimum Gasteiger partial charge on any atom is -0.480 e. The molecule has 4 rings (SSSR count). The number of aliphatic carboxylic acids is 1. The van der Waals surface area contributed by atoms with Crippen LogP contribution in [-0.4, -0.2) is 70.8 Å². The number of benzene rings is 2. The summed E-state index contributed by atoms with van der Waals surface area (Å²) >= 11 is 0. The zero-order valence-electron chi connectivity index (χ0n) is 17.4. The van der Waals surface area contributed by atoms with Gasteiger partial charge in [-0.3, -0.25) is 4.79 Å². The van der Waals surface area contributed by atoms with E-state index in [1.807, 2.05) is 53.8 Å². The second-order valence-corrected chi connectivity index (χ2v) is 8.08. The SMILES string of the molecule is O=C(NCC(F)(F)C(=O)N1CC(O)CC1C(=O)O)OCC1c2ccccc2-c2ccccc21. The van der Waals surface area contributed by atoms with Crippen molar-refractivity contribution in [3.63, 3.8) is 0 Å². The molecule has 1 heterocycles. The zero-order valence-corrected chi connectivity index (χ0v) is 17.4. The average molecular weight is 460 g/mol. The fourth-order valence-corrected chi connectivity index (χ4v) is 4.39. The fraction of sp³-hybridized carbons (Fsp3) is 0.348. The van der Waals surface area contributed by atoms with Gasteiger partial charge in [-0.05, 0) is 22.3 Å². The minimum atomic E-state index is -4.07. The monoisotopic (exact) mass is 460 g/mol. The van der Waals surface area contributed by atoms with Crippen molar-refractivity contribution in [2.75, 3.05) is 19.7 Å². The molecule has 8 nitrogen and oxygen atoms in total. The molecule has 1 aliphatic heterocycles. The Balaban J connectivity index is 1.36. The van der Waals surface area contributed by atoms with E-state index < -0.39 is 49.1 Å². The molecule has 1 fully saturated rings. The molecule has 174 valence electrons. The summed E-state index contributed by atoms with van der Waals surface area (Å²) in [6.45, 7) is -1.96. The van der Waals surface area contributed by atoms with E-state index in [1.165, 1.54) is 0 Å². The first kappa shape index (κ1) is 22.7. The molecule has 2 aliphatic rings. The van der Waals surface area contributed by atoms with E-state index >= 15 is 0 Å². The van der Waals surface area contributed by atoms with Gasteiger partial charge in [-0.2, -0.15) is 8.78 Å². The summed E-state index contributed by atoms with van der Waals surface area (Å²) in [5.74, 6) is -7.58. The quantitative estimate of drug-likeness (QED) is 0.609. The van der Waals surface area contributed by atoms with E-state index in [0.717, 1.165) is 22.3 Å². The van der Waals surface area contributed by atoms with Gasteiger partial charge in [-0.25, -0.2) is 9.59 Å². The molecule has 1 aliphatic carbocycles. The Labute approximate surface area is 187 Å². The molecule has 3 N–H and O–H groups in total. The number of carbonyl (C=O) groups excluding carboxylic acids is 2. The van der Waals surface area contributed by atoms with E-state index in [9.17, 15) is 28.3 Å². The molecule has 0 bridgehead atoms. The van der Waals surface area contributed by atoms with E-state index in [-0.39, 0.29) is 18.9 Å². The number of fused-ring (bicyclic) bond motifs is 3. The Morgan fingerprint density at radius 2 is 1.64 bits per heavy atom. The molecule has 10 heteroatoms. The van der Waals surface area contributed by atoms with Crippen LogP contribution in [0.5, 0.6) is 0 Å². The number of ether oxygens (including phenoxy) is 1. The smallest absolute Gasteiger partial charge is 0.407 e. The van der Waals surface area contributed by atoms with Crippen molar-refractivity contribution < 1.29 is 38.1 Å². The predicted molar refractivity (Wildman–Crippen MR) is 112 cm³/mol. The third-order valence-corrected chi connectivity index (χ3v) is 5.94. The molecule has 0 radical (unpaired) electrons. The molecule has 2 atom stereocenters. The van der Waals surface area contributed by atoms with Crippen LogP contribution in [0.4, 0.5) is 13.6 Å². The zero-order chi connectivity index (χ0) is 23.8. The number of likely N-dealkylation sites (tertiary alicyclic amines) is 1. The Morgan fingerprint density at radius 3 is 2.21 bits per heavy atom. The summed E-state index contributed by atoms with van der Waals surface area (Å²) < 4.78 is 34.0. The number of alkyl halides is 2. The van der Waals surface area contributed by atoms with Gasteiger partial charge < -0.3 is 25.2 Å². The molecule has 2 amide bonds. The number of nitrogens with zero attached hydrogens (tertiary/aromatic N) is 1. The van der Waals surface area contributed by atoms with Gasteiger partial charge in [0.25, 0.3) is 5.91 Å². The fourth-order valence-electron chi connectivity index (χ4n) is 4.39. The van der Waals surface area contributed by atoms with Gasteiger partial charge in [0.15, 0.2) is 0 Å². The highest BCUT2D eigenvalue weighted by Crippen LogP contribution is 2.44. The van der Waals surface area contributed by atoms with Crippen molar-refractivity contribution >= 4 is 18.0 Å². The van der Waals surface area contributed by atoms with E-state index in [0.29, 0.717) is 4.90 Å². The van der Waals surface area contributed by atoms with E-state index in [4.69, 9.17) is 9.84 Å². The van der Waals surface area contributed by atoms with Crippen LogP contribution in [0.25, 0.3) is 11.1 Å². The molecule has 33 heavy (non-hydrogen) atoms. The Morgan fingerprint density at radius 1 is 1.06 bits per heavy atom. The lowest BCUT2D eigenvalue weighted by Crippen LogP contribution is -2.53. The first-order chi connectivity index (χ1) is 15.7. The number of carboxylic acid groups (broad SMARTS) is 1. The molecule has 2 aromatic rings. The lowest BCUT2D eigenvalue weighted by molar-refractivity contribution is -0.162. The van der Waals surface area contributed by atoms with Crippen LogP contribution < -0.4 is 5.32 Å². The number of nitrogens with one attached hydrogen (secondary N) is 1. The molecule has 0 spiro atoms. The lowest BCUT2D eigenvalue weighted by Gasteiger charge is -2.26. The Bertz CT molecular complexity index is 1050. The second kappa shape index (κ2) is 8.78. The van der Waals surface area contributed by atoms with Crippen LogP contribution in [0, 0.1) is 0 Å². The highest BCUT2D eigenvalue weighted by atomic mass is 19.3. The summed E-state index contributed by atoms with van der Waals surface area (Å²) in [6, 6.07) is 13.7. The Kier molecular flexibility index (Phi) is 6.03. The maximum atomic E-state index is 14.4. The van der Waals surface area contributed by atoms with Gasteiger partial charge in [-0.1, -0.05) is 48.5 Å². The summed E-state index contributed by atoms with van der Waals surface area (Å²) in [4.78, 5) is 35.9. The van der Waals surface area contributed by atoms with Crippen LogP contribution in [0.1, 0.15) is 23.5 Å². The maximum absolute atomic E-state index is 14.4. The number of halogens is 2. The number of aliphatic hydroxyl groups excluding tert-OH is 1. The number of β-amino-alcohol motifs (C(OH)–C–C–N with tert-alkyl or cyclic N) is 1. The van der Waals surface area contributed by atoms with Crippen molar-refractivity contribution in [2.45, 2.75) is 30.4 Å². The molecule has 2 aromatic carbocycles. The van der Waals surface area contributed by atoms with Gasteiger partial charge in [-0.15, -0.1) is 0 Å². The van der Waals surface area contributed by atoms with Crippen LogP contribution in [-0.2, 0) is 14.3 Å². The first-order valence-electron chi connectivity index (χ1n) is 10.4. The van der Waals surface area contributed by atoms with Gasteiger partial charge in [0.1, 0.15) is 12.6 Å². The first-order valence-corrected chi connectivity index (χ1v) is 10.4. The minimum absolute atomic E-state index is 0.0845. The second-order valence-electron chi connectivity index (χ2n) is 8.08. The number of aliphatic hydroxyl groups is 1. The van der Waals surface area contributed by atoms with Crippen molar-refractivity contribution in [2.24, 2.45) is 0 Å². The van der Waals surface area contributed by atoms with Crippen molar-refractivity contribution in [1.82, 2.24) is 10.2 Å². The molecule has 0 aromatic heterocycles. The molecule has 1 saturated heterocycles. The van der Waals surface area contributed by atoms with E-state index in [1.54, 1.807) is 0 Å². The standard InChI is InChI=1S/C23H22F2N2O6/c24-23(25,21(31)27-10-13(28)9-19(27)20(29)30)12-26-22(32)33-11-18-16-7-3-1-5-14(16)15-6-2-4-8-17(15)18/h1-8,13,18-19,28H,9-12H2,(H,26,32)(H,29,30). The maximum Gasteiger partial charge on any atom is 0.407 e. The number of rotatable bonds is 6. The van der Waals surface area contributed by atoms with Gasteiger partial charge >= 0.3 is 18.0 Å². The van der Waals surface area contributed by atoms with Crippen LogP contribution in [0.15, 0.2) is 48.5 Å². The molecule has 0 saturated carbocycles. The summed E-state index contributed by atoms with van der Waals surface area (Å²) in [5.41, 5.74) is 3.94. The van der Waals surface area contributed by atoms with Gasteiger partial charge in [0.2, 0.25) is 0 Å². The van der Waals surface area contributed by atoms with Crippen molar-refractivity contribution in [3.05, 3.63) is 59.7 Å². The highest BCUT2D eigenvalue weighted by molar-refractivity contribution is 5.89. The summed E-state index contributed by atoms with van der Waals surface area (Å²) in [6.07, 6.45) is -2.67. The normalized spacial score (nSPS) is 19.7. The third kappa shape index (κ3) is 4.38. The molecule has 2 unspecified atom stereocenters. The Hall–Kier alpha value is -3.53. The van der Waals surface area contributed by atoms with Gasteiger partial charge in [0, 0.05) is 18.9 Å².